The van der Waals surface area contributed by atoms with Crippen LogP contribution in [0.4, 0.5) is 14.9 Å². The van der Waals surface area contributed by atoms with Crippen molar-refractivity contribution in [2.24, 2.45) is 0 Å². The third kappa shape index (κ3) is 5.58. The number of nitrogens with one attached hydrogen (secondary N) is 2. The molecule has 2 aromatic rings. The van der Waals surface area contributed by atoms with Gasteiger partial charge in [0, 0.05) is 31.1 Å². The summed E-state index contributed by atoms with van der Waals surface area (Å²) in [6, 6.07) is 12.3. The van der Waals surface area contributed by atoms with Gasteiger partial charge in [0.15, 0.2) is 0 Å². The van der Waals surface area contributed by atoms with Gasteiger partial charge < -0.3 is 15.4 Å². The smallest absolute Gasteiger partial charge is 0.414 e. The summed E-state index contributed by atoms with van der Waals surface area (Å²) >= 11 is 5.48. The van der Waals surface area contributed by atoms with Crippen molar-refractivity contribution in [1.82, 2.24) is 10.6 Å². The fourth-order valence-corrected chi connectivity index (χ4v) is 3.24. The predicted octanol–water partition coefficient (Wildman–Crippen LogP) is 3.80. The second-order valence-corrected chi connectivity index (χ2v) is 7.16. The average molecular weight is 432 g/mol. The van der Waals surface area contributed by atoms with Crippen molar-refractivity contribution in [2.45, 2.75) is 19.6 Å². The second-order valence-electron chi connectivity index (χ2n) is 6.91. The Morgan fingerprint density at radius 1 is 1.30 bits per heavy atom. The maximum Gasteiger partial charge on any atom is 0.414 e. The van der Waals surface area contributed by atoms with E-state index in [4.69, 9.17) is 16.3 Å². The molecule has 8 heteroatoms. The van der Waals surface area contributed by atoms with Crippen molar-refractivity contribution >= 4 is 29.3 Å². The van der Waals surface area contributed by atoms with Gasteiger partial charge in [-0.05, 0) is 29.3 Å². The third-order valence-corrected chi connectivity index (χ3v) is 4.84. The summed E-state index contributed by atoms with van der Waals surface area (Å²) in [5.41, 5.74) is 4.15. The van der Waals surface area contributed by atoms with Crippen LogP contribution in [-0.4, -0.2) is 37.7 Å². The van der Waals surface area contributed by atoms with Crippen molar-refractivity contribution in [3.8, 4) is 11.1 Å². The van der Waals surface area contributed by atoms with E-state index in [0.29, 0.717) is 24.3 Å². The van der Waals surface area contributed by atoms with Gasteiger partial charge in [0.1, 0.15) is 11.9 Å². The normalized spacial score (nSPS) is 16.2. The van der Waals surface area contributed by atoms with Gasteiger partial charge in [-0.3, -0.25) is 9.69 Å². The number of carbonyl (C=O) groups excluding carboxylic acids is 2. The summed E-state index contributed by atoms with van der Waals surface area (Å²) in [6.45, 7) is 3.22. The Hall–Kier alpha value is -2.90. The summed E-state index contributed by atoms with van der Waals surface area (Å²) in [6.07, 6.45) is 0.786. The molecule has 158 valence electrons. The maximum atomic E-state index is 14.8. The Morgan fingerprint density at radius 2 is 2.07 bits per heavy atom. The van der Waals surface area contributed by atoms with Crippen LogP contribution in [0.2, 0.25) is 0 Å². The van der Waals surface area contributed by atoms with Crippen molar-refractivity contribution < 1.29 is 18.7 Å². The van der Waals surface area contributed by atoms with Crippen molar-refractivity contribution in [2.75, 3.05) is 24.5 Å². The Balaban J connectivity index is 1.66. The molecular weight excluding hydrogens is 409 g/mol. The minimum absolute atomic E-state index is 0.200. The standard InChI is InChI=1S/C22H23ClFN3O3/c1-15(28)26-13-19-14-27(22(29)30-19)18-7-8-20(21(24)11-18)17-5-3-16(4-6-17)12-25-10-2-9-23/h2-9,11,19,25H,10,12-14H2,1H3,(H,26,28)/b9-2+/t19-/m0/s1. The van der Waals surface area contributed by atoms with Crippen molar-refractivity contribution in [3.63, 3.8) is 0 Å². The highest BCUT2D eigenvalue weighted by molar-refractivity contribution is 6.25. The molecule has 0 aromatic heterocycles. The number of anilines is 1. The lowest BCUT2D eigenvalue weighted by molar-refractivity contribution is -0.119. The summed E-state index contributed by atoms with van der Waals surface area (Å²) in [5, 5.41) is 5.83. The first-order valence-corrected chi connectivity index (χ1v) is 9.99. The molecule has 0 saturated carbocycles. The van der Waals surface area contributed by atoms with Crippen LogP contribution in [0.15, 0.2) is 54.1 Å². The number of nitrogens with zero attached hydrogens (tertiary/aromatic N) is 1. The summed E-state index contributed by atoms with van der Waals surface area (Å²) in [5.74, 6) is -0.627. The predicted molar refractivity (Wildman–Crippen MR) is 115 cm³/mol. The molecule has 1 aliphatic rings. The SMILES string of the molecule is CC(=O)NC[C@H]1CN(c2ccc(-c3ccc(CNC/C=C/Cl)cc3)c(F)c2)C(=O)O1. The first-order chi connectivity index (χ1) is 14.5. The van der Waals surface area contributed by atoms with Gasteiger partial charge in [0.05, 0.1) is 18.8 Å². The molecule has 3 rings (SSSR count). The van der Waals surface area contributed by atoms with Crippen LogP contribution in [0.25, 0.3) is 11.1 Å². The lowest BCUT2D eigenvalue weighted by Crippen LogP contribution is -2.33. The molecule has 0 unspecified atom stereocenters. The lowest BCUT2D eigenvalue weighted by Gasteiger charge is -2.15. The van der Waals surface area contributed by atoms with E-state index in [1.807, 2.05) is 30.3 Å². The van der Waals surface area contributed by atoms with Gasteiger partial charge >= 0.3 is 6.09 Å². The minimum atomic E-state index is -0.557. The number of benzene rings is 2. The first-order valence-electron chi connectivity index (χ1n) is 9.55. The molecule has 2 amide bonds. The van der Waals surface area contributed by atoms with E-state index in [0.717, 1.165) is 11.1 Å². The van der Waals surface area contributed by atoms with Gasteiger partial charge in [0.2, 0.25) is 5.91 Å². The number of amides is 2. The number of halogens is 2. The zero-order chi connectivity index (χ0) is 21.5. The van der Waals surface area contributed by atoms with Gasteiger partial charge in [0.25, 0.3) is 0 Å². The lowest BCUT2D eigenvalue weighted by atomic mass is 10.0. The molecule has 30 heavy (non-hydrogen) atoms. The fourth-order valence-electron chi connectivity index (χ4n) is 3.15. The van der Waals surface area contributed by atoms with E-state index >= 15 is 0 Å². The topological polar surface area (TPSA) is 70.7 Å². The van der Waals surface area contributed by atoms with Crippen LogP contribution in [-0.2, 0) is 16.1 Å². The maximum absolute atomic E-state index is 14.8. The number of cyclic esters (lactones) is 1. The summed E-state index contributed by atoms with van der Waals surface area (Å²) < 4.78 is 20.0. The number of ether oxygens (including phenoxy) is 1. The Morgan fingerprint density at radius 3 is 2.73 bits per heavy atom. The van der Waals surface area contributed by atoms with Gasteiger partial charge in [-0.15, -0.1) is 0 Å². The number of rotatable bonds is 8. The molecule has 1 fully saturated rings. The molecule has 0 spiro atoms. The molecule has 0 radical (unpaired) electrons. The van der Waals surface area contributed by atoms with Crippen LogP contribution in [0.3, 0.4) is 0 Å². The highest BCUT2D eigenvalue weighted by atomic mass is 35.5. The van der Waals surface area contributed by atoms with E-state index < -0.39 is 18.0 Å². The molecule has 6 nitrogen and oxygen atoms in total. The van der Waals surface area contributed by atoms with E-state index in [2.05, 4.69) is 10.6 Å². The van der Waals surface area contributed by atoms with Crippen LogP contribution in [0, 0.1) is 5.82 Å². The number of hydrogen-bond donors (Lipinski definition) is 2. The highest BCUT2D eigenvalue weighted by Gasteiger charge is 2.32. The van der Waals surface area contributed by atoms with E-state index in [-0.39, 0.29) is 19.0 Å². The average Bonchev–Trinajstić information content (AvgIpc) is 3.11. The van der Waals surface area contributed by atoms with Crippen LogP contribution >= 0.6 is 11.6 Å². The Bertz CT molecular complexity index is 934. The molecule has 0 bridgehead atoms. The van der Waals surface area contributed by atoms with E-state index in [9.17, 15) is 14.0 Å². The number of carbonyl (C=O) groups is 2. The third-order valence-electron chi connectivity index (χ3n) is 4.66. The van der Waals surface area contributed by atoms with Crippen LogP contribution in [0.5, 0.6) is 0 Å². The zero-order valence-corrected chi connectivity index (χ0v) is 17.3. The van der Waals surface area contributed by atoms with Crippen molar-refractivity contribution in [3.05, 3.63) is 65.5 Å². The highest BCUT2D eigenvalue weighted by Crippen LogP contribution is 2.29. The van der Waals surface area contributed by atoms with Crippen LogP contribution < -0.4 is 15.5 Å². The summed E-state index contributed by atoms with van der Waals surface area (Å²) in [7, 11) is 0. The Kier molecular flexibility index (Phi) is 7.43. The monoisotopic (exact) mass is 431 g/mol. The van der Waals surface area contributed by atoms with Crippen molar-refractivity contribution in [1.29, 1.82) is 0 Å². The minimum Gasteiger partial charge on any atom is -0.442 e. The van der Waals surface area contributed by atoms with E-state index in [1.54, 1.807) is 12.1 Å². The molecule has 1 saturated heterocycles. The number of hydrogen-bond acceptors (Lipinski definition) is 4. The van der Waals surface area contributed by atoms with Crippen LogP contribution in [0.1, 0.15) is 12.5 Å². The molecule has 1 aliphatic heterocycles. The van der Waals surface area contributed by atoms with Gasteiger partial charge in [-0.1, -0.05) is 41.9 Å². The molecular formula is C22H23ClFN3O3. The quantitative estimate of drug-likeness (QED) is 0.624. The zero-order valence-electron chi connectivity index (χ0n) is 16.5. The largest absolute Gasteiger partial charge is 0.442 e. The second kappa shape index (κ2) is 10.2. The molecule has 1 atom stereocenters. The molecule has 0 aliphatic carbocycles. The molecule has 2 aromatic carbocycles. The molecule has 2 N–H and O–H groups in total. The van der Waals surface area contributed by atoms with Gasteiger partial charge in [-0.2, -0.15) is 0 Å². The Labute approximate surface area is 179 Å². The first kappa shape index (κ1) is 21.8. The van der Waals surface area contributed by atoms with E-state index in [1.165, 1.54) is 23.4 Å². The summed E-state index contributed by atoms with van der Waals surface area (Å²) in [4.78, 5) is 24.5. The molecule has 1 heterocycles. The fraction of sp³-hybridized carbons (Fsp3) is 0.273. The van der Waals surface area contributed by atoms with Gasteiger partial charge in [-0.25, -0.2) is 9.18 Å².